The molecule has 2 amide bonds. The lowest BCUT2D eigenvalue weighted by molar-refractivity contribution is -0.120. The van der Waals surface area contributed by atoms with Gasteiger partial charge in [-0.3, -0.25) is 9.59 Å². The summed E-state index contributed by atoms with van der Waals surface area (Å²) in [7, 11) is 2.07. The molecule has 0 aliphatic carbocycles. The highest BCUT2D eigenvalue weighted by molar-refractivity contribution is 5.96. The quantitative estimate of drug-likeness (QED) is 0.490. The third-order valence-corrected chi connectivity index (χ3v) is 5.10. The Kier molecular flexibility index (Phi) is 8.23. The van der Waals surface area contributed by atoms with Crippen molar-refractivity contribution >= 4 is 17.5 Å². The predicted octanol–water partition coefficient (Wildman–Crippen LogP) is 4.12. The molecular weight excluding hydrogens is 386 g/mol. The minimum atomic E-state index is -0.251. The van der Waals surface area contributed by atoms with Crippen molar-refractivity contribution in [1.82, 2.24) is 10.6 Å². The zero-order valence-electron chi connectivity index (χ0n) is 17.9. The molecule has 0 spiro atoms. The standard InChI is InChI=1S/C26H29N3O2/c1-29(24-12-6-3-7-13-24)19-9-8-18-27-25(30)20-28-26(31)23-16-14-22(15-17-23)21-10-4-2-5-11-21/h2-7,10-17H,8-9,18-20H2,1H3,(H,27,30)(H,28,31). The van der Waals surface area contributed by atoms with Crippen LogP contribution in [0.25, 0.3) is 11.1 Å². The van der Waals surface area contributed by atoms with Crippen LogP contribution in [0.4, 0.5) is 5.69 Å². The minimum Gasteiger partial charge on any atom is -0.375 e. The molecule has 0 atom stereocenters. The Morgan fingerprint density at radius 3 is 2.03 bits per heavy atom. The average molecular weight is 416 g/mol. The van der Waals surface area contributed by atoms with E-state index in [1.165, 1.54) is 5.69 Å². The van der Waals surface area contributed by atoms with Gasteiger partial charge in [0.2, 0.25) is 5.91 Å². The zero-order chi connectivity index (χ0) is 21.9. The number of rotatable bonds is 10. The molecule has 0 heterocycles. The fourth-order valence-corrected chi connectivity index (χ4v) is 3.28. The van der Waals surface area contributed by atoms with E-state index >= 15 is 0 Å². The van der Waals surface area contributed by atoms with Gasteiger partial charge in [0.25, 0.3) is 5.91 Å². The molecular formula is C26H29N3O2. The van der Waals surface area contributed by atoms with Crippen LogP contribution in [0.3, 0.4) is 0 Å². The van der Waals surface area contributed by atoms with Gasteiger partial charge in [0.1, 0.15) is 0 Å². The maximum Gasteiger partial charge on any atom is 0.251 e. The van der Waals surface area contributed by atoms with Crippen LogP contribution in [-0.2, 0) is 4.79 Å². The Labute approximate surface area is 184 Å². The monoisotopic (exact) mass is 415 g/mol. The summed E-state index contributed by atoms with van der Waals surface area (Å²) in [6.45, 7) is 1.50. The van der Waals surface area contributed by atoms with Gasteiger partial charge in [0.15, 0.2) is 0 Å². The van der Waals surface area contributed by atoms with Gasteiger partial charge < -0.3 is 15.5 Å². The van der Waals surface area contributed by atoms with Crippen LogP contribution < -0.4 is 15.5 Å². The van der Waals surface area contributed by atoms with Gasteiger partial charge in [-0.15, -0.1) is 0 Å². The fraction of sp³-hybridized carbons (Fsp3) is 0.231. The molecule has 3 aromatic rings. The van der Waals surface area contributed by atoms with Crippen molar-refractivity contribution in [3.8, 4) is 11.1 Å². The topological polar surface area (TPSA) is 61.4 Å². The van der Waals surface area contributed by atoms with Crippen molar-refractivity contribution in [2.75, 3.05) is 31.6 Å². The van der Waals surface area contributed by atoms with Crippen LogP contribution in [-0.4, -0.2) is 38.5 Å². The Bertz CT molecular complexity index is 957. The number of hydrogen-bond acceptors (Lipinski definition) is 3. The van der Waals surface area contributed by atoms with E-state index in [0.717, 1.165) is 30.5 Å². The molecule has 3 rings (SSSR count). The molecule has 0 radical (unpaired) electrons. The van der Waals surface area contributed by atoms with Gasteiger partial charge in [-0.05, 0) is 48.2 Å². The smallest absolute Gasteiger partial charge is 0.251 e. The molecule has 0 saturated carbocycles. The van der Waals surface area contributed by atoms with Gasteiger partial charge in [0.05, 0.1) is 6.54 Å². The maximum atomic E-state index is 12.3. The number of amides is 2. The van der Waals surface area contributed by atoms with Crippen LogP contribution in [0, 0.1) is 0 Å². The van der Waals surface area contributed by atoms with Crippen LogP contribution in [0.5, 0.6) is 0 Å². The number of para-hydroxylation sites is 1. The molecule has 31 heavy (non-hydrogen) atoms. The largest absolute Gasteiger partial charge is 0.375 e. The molecule has 0 aliphatic heterocycles. The molecule has 0 aromatic heterocycles. The molecule has 0 saturated heterocycles. The van der Waals surface area contributed by atoms with Crippen LogP contribution in [0.1, 0.15) is 23.2 Å². The van der Waals surface area contributed by atoms with Gasteiger partial charge in [0, 0.05) is 31.4 Å². The third kappa shape index (κ3) is 7.00. The maximum absolute atomic E-state index is 12.3. The van der Waals surface area contributed by atoms with E-state index in [9.17, 15) is 9.59 Å². The normalized spacial score (nSPS) is 10.4. The first kappa shape index (κ1) is 22.1. The van der Waals surface area contributed by atoms with Crippen molar-refractivity contribution in [1.29, 1.82) is 0 Å². The molecule has 2 N–H and O–H groups in total. The van der Waals surface area contributed by atoms with Crippen molar-refractivity contribution in [2.24, 2.45) is 0 Å². The molecule has 0 fully saturated rings. The number of hydrogen-bond donors (Lipinski definition) is 2. The molecule has 0 unspecified atom stereocenters. The van der Waals surface area contributed by atoms with Gasteiger partial charge in [-0.25, -0.2) is 0 Å². The van der Waals surface area contributed by atoms with Gasteiger partial charge in [-0.1, -0.05) is 60.7 Å². The van der Waals surface area contributed by atoms with Crippen molar-refractivity contribution in [3.05, 3.63) is 90.5 Å². The summed E-state index contributed by atoms with van der Waals surface area (Å²) in [5.74, 6) is -0.426. The van der Waals surface area contributed by atoms with E-state index in [2.05, 4.69) is 34.7 Å². The van der Waals surface area contributed by atoms with Crippen molar-refractivity contribution < 1.29 is 9.59 Å². The third-order valence-electron chi connectivity index (χ3n) is 5.10. The highest BCUT2D eigenvalue weighted by Gasteiger charge is 2.08. The summed E-state index contributed by atoms with van der Waals surface area (Å²) >= 11 is 0. The minimum absolute atomic E-state index is 0.0246. The number of carbonyl (C=O) groups is 2. The summed E-state index contributed by atoms with van der Waals surface area (Å²) in [5.41, 5.74) is 3.87. The first-order valence-corrected chi connectivity index (χ1v) is 10.6. The van der Waals surface area contributed by atoms with E-state index in [4.69, 9.17) is 0 Å². The lowest BCUT2D eigenvalue weighted by Gasteiger charge is -2.19. The molecule has 5 heteroatoms. The number of unbranched alkanes of at least 4 members (excludes halogenated alkanes) is 1. The van der Waals surface area contributed by atoms with Gasteiger partial charge in [-0.2, -0.15) is 0 Å². The summed E-state index contributed by atoms with van der Waals surface area (Å²) in [6.07, 6.45) is 1.86. The molecule has 3 aromatic carbocycles. The molecule has 160 valence electrons. The van der Waals surface area contributed by atoms with E-state index in [-0.39, 0.29) is 18.4 Å². The molecule has 5 nitrogen and oxygen atoms in total. The fourth-order valence-electron chi connectivity index (χ4n) is 3.28. The lowest BCUT2D eigenvalue weighted by Crippen LogP contribution is -2.37. The predicted molar refractivity (Wildman–Crippen MR) is 126 cm³/mol. The molecule has 0 aliphatic rings. The summed E-state index contributed by atoms with van der Waals surface area (Å²) in [6, 6.07) is 27.6. The second-order valence-corrected chi connectivity index (χ2v) is 7.44. The van der Waals surface area contributed by atoms with E-state index < -0.39 is 0 Å². The lowest BCUT2D eigenvalue weighted by atomic mass is 10.0. The number of nitrogens with zero attached hydrogens (tertiary/aromatic N) is 1. The van der Waals surface area contributed by atoms with E-state index in [0.29, 0.717) is 12.1 Å². The second-order valence-electron chi connectivity index (χ2n) is 7.44. The first-order valence-electron chi connectivity index (χ1n) is 10.6. The Balaban J connectivity index is 1.32. The Morgan fingerprint density at radius 1 is 0.742 bits per heavy atom. The van der Waals surface area contributed by atoms with Crippen molar-refractivity contribution in [2.45, 2.75) is 12.8 Å². The van der Waals surface area contributed by atoms with E-state index in [1.807, 2.05) is 60.7 Å². The first-order chi connectivity index (χ1) is 15.1. The zero-order valence-corrected chi connectivity index (χ0v) is 17.9. The highest BCUT2D eigenvalue weighted by Crippen LogP contribution is 2.19. The molecule has 0 bridgehead atoms. The van der Waals surface area contributed by atoms with E-state index in [1.54, 1.807) is 12.1 Å². The Hall–Kier alpha value is -3.60. The highest BCUT2D eigenvalue weighted by atomic mass is 16.2. The van der Waals surface area contributed by atoms with Crippen molar-refractivity contribution in [3.63, 3.8) is 0 Å². The second kappa shape index (κ2) is 11.6. The number of benzene rings is 3. The number of anilines is 1. The number of carbonyl (C=O) groups excluding carboxylic acids is 2. The van der Waals surface area contributed by atoms with Crippen LogP contribution in [0.2, 0.25) is 0 Å². The summed E-state index contributed by atoms with van der Waals surface area (Å²) < 4.78 is 0. The SMILES string of the molecule is CN(CCCCNC(=O)CNC(=O)c1ccc(-c2ccccc2)cc1)c1ccccc1. The van der Waals surface area contributed by atoms with Crippen LogP contribution >= 0.6 is 0 Å². The average Bonchev–Trinajstić information content (AvgIpc) is 2.83. The van der Waals surface area contributed by atoms with Crippen LogP contribution in [0.15, 0.2) is 84.9 Å². The number of nitrogens with one attached hydrogen (secondary N) is 2. The van der Waals surface area contributed by atoms with Gasteiger partial charge >= 0.3 is 0 Å². The summed E-state index contributed by atoms with van der Waals surface area (Å²) in [5, 5.41) is 5.54. The summed E-state index contributed by atoms with van der Waals surface area (Å²) in [4.78, 5) is 26.5. The Morgan fingerprint density at radius 2 is 1.35 bits per heavy atom.